The number of nitrogens with zero attached hydrogens (tertiary/aromatic N) is 3. The Kier molecular flexibility index (Phi) is 9.77. The third-order valence-electron chi connectivity index (χ3n) is 7.84. The van der Waals surface area contributed by atoms with Crippen LogP contribution in [0, 0.1) is 28.9 Å². The molecule has 0 bridgehead atoms. The molecule has 0 amide bonds. The van der Waals surface area contributed by atoms with Crippen LogP contribution in [0.3, 0.4) is 0 Å². The highest BCUT2D eigenvalue weighted by molar-refractivity contribution is 5.64. The van der Waals surface area contributed by atoms with E-state index in [1.807, 2.05) is 0 Å². The van der Waals surface area contributed by atoms with E-state index in [2.05, 4.69) is 41.2 Å². The quantitative estimate of drug-likeness (QED) is 0.246. The van der Waals surface area contributed by atoms with E-state index in [0.717, 1.165) is 29.2 Å². The fourth-order valence-corrected chi connectivity index (χ4v) is 5.56. The van der Waals surface area contributed by atoms with Gasteiger partial charge >= 0.3 is 0 Å². The van der Waals surface area contributed by atoms with Gasteiger partial charge in [-0.1, -0.05) is 82.6 Å². The fourth-order valence-electron chi connectivity index (χ4n) is 5.56. The largest absolute Gasteiger partial charge is 0.236 e. The Morgan fingerprint density at radius 2 is 1.38 bits per heavy atom. The summed E-state index contributed by atoms with van der Waals surface area (Å²) in [6, 6.07) is 12.4. The maximum Gasteiger partial charge on any atom is 0.159 e. The van der Waals surface area contributed by atoms with Crippen molar-refractivity contribution in [2.75, 3.05) is 0 Å². The highest BCUT2D eigenvalue weighted by Gasteiger charge is 2.22. The first kappa shape index (κ1) is 26.9. The Labute approximate surface area is 220 Å². The van der Waals surface area contributed by atoms with E-state index in [-0.39, 0.29) is 11.4 Å². The minimum absolute atomic E-state index is 0.207. The maximum atomic E-state index is 14.0. The molecule has 194 valence electrons. The number of hydrogen-bond acceptors (Lipinski definition) is 3. The Morgan fingerprint density at radius 1 is 0.784 bits per heavy atom. The Hall–Kier alpha value is -3.13. The van der Waals surface area contributed by atoms with E-state index in [0.29, 0.717) is 5.92 Å². The molecule has 4 rings (SSSR count). The molecule has 0 spiro atoms. The van der Waals surface area contributed by atoms with Crippen molar-refractivity contribution >= 4 is 0 Å². The average Bonchev–Trinajstić information content (AvgIpc) is 2.93. The highest BCUT2D eigenvalue weighted by atomic mass is 19.1. The molecule has 1 aliphatic carbocycles. The highest BCUT2D eigenvalue weighted by Crippen LogP contribution is 2.38. The molecule has 0 radical (unpaired) electrons. The molecule has 0 atom stereocenters. The lowest BCUT2D eigenvalue weighted by Crippen LogP contribution is -2.13. The second-order valence-electron chi connectivity index (χ2n) is 10.5. The molecule has 0 aliphatic heterocycles. The summed E-state index contributed by atoms with van der Waals surface area (Å²) in [5.74, 6) is -0.0600. The van der Waals surface area contributed by atoms with E-state index in [1.54, 1.807) is 12.4 Å². The van der Waals surface area contributed by atoms with Crippen molar-refractivity contribution < 1.29 is 8.78 Å². The molecule has 3 nitrogen and oxygen atoms in total. The lowest BCUT2D eigenvalue weighted by Gasteiger charge is -2.29. The molecule has 1 aliphatic rings. The predicted octanol–water partition coefficient (Wildman–Crippen LogP) is 9.37. The van der Waals surface area contributed by atoms with Crippen LogP contribution in [-0.4, -0.2) is 9.97 Å². The Morgan fingerprint density at radius 3 is 1.97 bits per heavy atom. The van der Waals surface area contributed by atoms with Gasteiger partial charge in [-0.25, -0.2) is 18.7 Å². The third-order valence-corrected chi connectivity index (χ3v) is 7.84. The van der Waals surface area contributed by atoms with Gasteiger partial charge in [0.1, 0.15) is 23.3 Å². The van der Waals surface area contributed by atoms with Crippen molar-refractivity contribution in [1.29, 1.82) is 5.26 Å². The molecule has 2 aromatic carbocycles. The summed E-state index contributed by atoms with van der Waals surface area (Å²) in [6.45, 7) is 2.27. The summed E-state index contributed by atoms with van der Waals surface area (Å²) in [6.07, 6.45) is 19.7. The van der Waals surface area contributed by atoms with E-state index < -0.39 is 17.2 Å². The molecule has 3 aromatic rings. The molecule has 5 heteroatoms. The van der Waals surface area contributed by atoms with Crippen molar-refractivity contribution in [2.24, 2.45) is 5.92 Å². The van der Waals surface area contributed by atoms with Crippen molar-refractivity contribution in [1.82, 2.24) is 9.97 Å². The van der Waals surface area contributed by atoms with Crippen LogP contribution in [-0.2, 0) is 0 Å². The lowest BCUT2D eigenvalue weighted by molar-refractivity contribution is 0.302. The number of nitriles is 1. The smallest absolute Gasteiger partial charge is 0.159 e. The molecule has 1 saturated carbocycles. The molecule has 0 N–H and O–H groups in total. The first-order valence-electron chi connectivity index (χ1n) is 13.9. The van der Waals surface area contributed by atoms with Gasteiger partial charge in [0, 0.05) is 23.5 Å². The monoisotopic (exact) mass is 501 g/mol. The van der Waals surface area contributed by atoms with Gasteiger partial charge < -0.3 is 0 Å². The summed E-state index contributed by atoms with van der Waals surface area (Å²) >= 11 is 0. The van der Waals surface area contributed by atoms with Gasteiger partial charge in [-0.3, -0.25) is 0 Å². The number of halogens is 2. The van der Waals surface area contributed by atoms with E-state index >= 15 is 0 Å². The van der Waals surface area contributed by atoms with Gasteiger partial charge in [0.2, 0.25) is 0 Å². The molecule has 1 fully saturated rings. The summed E-state index contributed by atoms with van der Waals surface area (Å²) in [5.41, 5.74) is 2.88. The third kappa shape index (κ3) is 7.22. The molecule has 1 heterocycles. The van der Waals surface area contributed by atoms with Crippen molar-refractivity contribution in [3.05, 3.63) is 71.6 Å². The first-order chi connectivity index (χ1) is 18.1. The zero-order valence-corrected chi connectivity index (χ0v) is 21.9. The maximum absolute atomic E-state index is 14.0. The van der Waals surface area contributed by atoms with E-state index in [4.69, 9.17) is 5.26 Å². The topological polar surface area (TPSA) is 49.6 Å². The Bertz CT molecular complexity index is 1150. The Balaban J connectivity index is 1.27. The first-order valence-corrected chi connectivity index (χ1v) is 13.9. The second-order valence-corrected chi connectivity index (χ2v) is 10.5. The van der Waals surface area contributed by atoms with Crippen molar-refractivity contribution in [2.45, 2.75) is 89.9 Å². The predicted molar refractivity (Wildman–Crippen MR) is 145 cm³/mol. The van der Waals surface area contributed by atoms with Crippen LogP contribution in [0.4, 0.5) is 8.78 Å². The summed E-state index contributed by atoms with van der Waals surface area (Å²) < 4.78 is 27.9. The normalized spacial score (nSPS) is 17.5. The van der Waals surface area contributed by atoms with Crippen LogP contribution in [0.15, 0.2) is 48.8 Å². The minimum Gasteiger partial charge on any atom is -0.236 e. The van der Waals surface area contributed by atoms with Crippen LogP contribution >= 0.6 is 0 Å². The van der Waals surface area contributed by atoms with Gasteiger partial charge in [-0.2, -0.15) is 5.26 Å². The van der Waals surface area contributed by atoms with Crippen LogP contribution in [0.25, 0.3) is 22.5 Å². The zero-order valence-electron chi connectivity index (χ0n) is 21.9. The zero-order chi connectivity index (χ0) is 26.0. The average molecular weight is 502 g/mol. The number of aromatic nitrogens is 2. The van der Waals surface area contributed by atoms with Crippen LogP contribution in [0.2, 0.25) is 0 Å². The van der Waals surface area contributed by atoms with Crippen molar-refractivity contribution in [3.63, 3.8) is 0 Å². The number of benzene rings is 2. The van der Waals surface area contributed by atoms with Crippen LogP contribution < -0.4 is 0 Å². The summed E-state index contributed by atoms with van der Waals surface area (Å²) in [7, 11) is 0. The number of unbranched alkanes of at least 4 members (excludes halogenated alkanes) is 6. The van der Waals surface area contributed by atoms with Gasteiger partial charge in [0.05, 0.1) is 0 Å². The van der Waals surface area contributed by atoms with Crippen molar-refractivity contribution in [3.8, 4) is 28.6 Å². The van der Waals surface area contributed by atoms with Gasteiger partial charge in [-0.05, 0) is 60.8 Å². The lowest BCUT2D eigenvalue weighted by atomic mass is 9.77. The van der Waals surface area contributed by atoms with Gasteiger partial charge in [-0.15, -0.1) is 0 Å². The number of rotatable bonds is 11. The molecular formula is C32H37F2N3. The summed E-state index contributed by atoms with van der Waals surface area (Å²) in [4.78, 5) is 8.61. The molecule has 0 unspecified atom stereocenters. The SMILES string of the molecule is CCCCCCCCCC1CCC(c2ccc(-c3cnc(-c4cc(F)c(C#N)c(F)c4)nc3)cc2)CC1. The van der Waals surface area contributed by atoms with Crippen LogP contribution in [0.1, 0.15) is 101 Å². The van der Waals surface area contributed by atoms with Gasteiger partial charge in [0.15, 0.2) is 5.82 Å². The van der Waals surface area contributed by atoms with Gasteiger partial charge in [0.25, 0.3) is 0 Å². The molecule has 1 aromatic heterocycles. The van der Waals surface area contributed by atoms with E-state index in [1.165, 1.54) is 88.7 Å². The van der Waals surface area contributed by atoms with Crippen LogP contribution in [0.5, 0.6) is 0 Å². The second kappa shape index (κ2) is 13.4. The van der Waals surface area contributed by atoms with E-state index in [9.17, 15) is 8.78 Å². The number of hydrogen-bond donors (Lipinski definition) is 0. The standard InChI is InChI=1S/C32H37F2N3/c1-2-3-4-5-6-7-8-9-23-10-12-24(13-11-23)25-14-16-26(17-15-25)28-21-36-32(37-22-28)27-18-30(33)29(20-35)31(34)19-27/h14-19,21-24H,2-13H2,1H3. The molecule has 0 saturated heterocycles. The summed E-state index contributed by atoms with van der Waals surface area (Å²) in [5, 5.41) is 8.84. The fraction of sp³-hybridized carbons (Fsp3) is 0.469. The minimum atomic E-state index is -0.910. The molecule has 37 heavy (non-hydrogen) atoms. The molecular weight excluding hydrogens is 464 g/mol.